The number of carboxylic acids is 1. The highest BCUT2D eigenvalue weighted by atomic mass is 19.1. The number of hydrogen-bond acceptors (Lipinski definition) is 6. The first-order valence-corrected chi connectivity index (χ1v) is 8.42. The highest BCUT2D eigenvalue weighted by Crippen LogP contribution is 2.10. The van der Waals surface area contributed by atoms with Gasteiger partial charge in [-0.05, 0) is 24.3 Å². The number of methoxy groups -OCH3 is 1. The van der Waals surface area contributed by atoms with Crippen molar-refractivity contribution in [3.63, 3.8) is 0 Å². The highest BCUT2D eigenvalue weighted by molar-refractivity contribution is 5.92. The molecule has 158 valence electrons. The van der Waals surface area contributed by atoms with E-state index < -0.39 is 34.2 Å². The first kappa shape index (κ1) is 22.3. The number of nitrogens with zero attached hydrogens (tertiary/aromatic N) is 2. The van der Waals surface area contributed by atoms with Gasteiger partial charge in [-0.2, -0.15) is 0 Å². The van der Waals surface area contributed by atoms with Gasteiger partial charge in [-0.1, -0.05) is 0 Å². The predicted octanol–water partition coefficient (Wildman–Crippen LogP) is 0.436. The third-order valence-corrected chi connectivity index (χ3v) is 3.98. The second-order valence-corrected chi connectivity index (χ2v) is 5.94. The molecule has 30 heavy (non-hydrogen) atoms. The Morgan fingerprint density at radius 2 is 1.80 bits per heavy atom. The quantitative estimate of drug-likeness (QED) is 0.542. The third kappa shape index (κ3) is 4.89. The lowest BCUT2D eigenvalue weighted by molar-refractivity contribution is 0.0694. The summed E-state index contributed by atoms with van der Waals surface area (Å²) in [6, 6.07) is 5.08. The molecule has 0 atom stereocenters. The van der Waals surface area contributed by atoms with Crippen LogP contribution in [0, 0.1) is 5.82 Å². The largest absolute Gasteiger partial charge is 0.503 e. The van der Waals surface area contributed by atoms with E-state index in [1.54, 1.807) is 0 Å². The second kappa shape index (κ2) is 9.47. The minimum Gasteiger partial charge on any atom is -0.503 e. The molecule has 0 fully saturated rings. The number of fused-ring (bicyclic) bond motifs is 1. The molecule has 3 rings (SSSR count). The maximum atomic E-state index is 12.2. The van der Waals surface area contributed by atoms with Crippen LogP contribution in [0.5, 0.6) is 5.75 Å². The number of aromatic carboxylic acids is 1. The average molecular weight is 419 g/mol. The molecule has 0 aliphatic rings. The molecule has 3 aromatic rings. The number of hydrogen-bond donors (Lipinski definition) is 3. The average Bonchev–Trinajstić information content (AvgIpc) is 2.70. The van der Waals surface area contributed by atoms with E-state index in [4.69, 9.17) is 15.6 Å². The first-order chi connectivity index (χ1) is 14.2. The Bertz CT molecular complexity index is 1200. The van der Waals surface area contributed by atoms with E-state index in [-0.39, 0.29) is 24.5 Å². The molecule has 2 heterocycles. The van der Waals surface area contributed by atoms with Crippen LogP contribution in [0.1, 0.15) is 20.7 Å². The number of aromatic nitrogens is 2. The summed E-state index contributed by atoms with van der Waals surface area (Å²) in [7, 11) is 1.48. The fourth-order valence-electron chi connectivity index (χ4n) is 2.44. The number of amides is 1. The smallest absolute Gasteiger partial charge is 0.341 e. The van der Waals surface area contributed by atoms with Crippen molar-refractivity contribution in [1.82, 2.24) is 8.97 Å². The molecule has 0 bridgehead atoms. The predicted molar refractivity (Wildman–Crippen MR) is 103 cm³/mol. The summed E-state index contributed by atoms with van der Waals surface area (Å²) in [5.74, 6) is -3.25. The fourth-order valence-corrected chi connectivity index (χ4v) is 2.44. The van der Waals surface area contributed by atoms with E-state index in [1.807, 2.05) is 0 Å². The monoisotopic (exact) mass is 419 g/mol. The highest BCUT2D eigenvalue weighted by Gasteiger charge is 2.18. The van der Waals surface area contributed by atoms with Crippen LogP contribution in [-0.4, -0.2) is 44.8 Å². The van der Waals surface area contributed by atoms with Crippen molar-refractivity contribution >= 4 is 17.4 Å². The Morgan fingerprint density at radius 3 is 2.33 bits per heavy atom. The minimum atomic E-state index is -1.47. The zero-order valence-corrected chi connectivity index (χ0v) is 15.7. The molecule has 0 aliphatic heterocycles. The Labute approximate surface area is 168 Å². The normalized spacial score (nSPS) is 10.3. The van der Waals surface area contributed by atoms with Crippen molar-refractivity contribution in [2.24, 2.45) is 5.73 Å². The Balaban J connectivity index is 0.000000269. The van der Waals surface area contributed by atoms with Crippen molar-refractivity contribution in [1.29, 1.82) is 0 Å². The molecule has 0 saturated carbocycles. The number of pyridine rings is 1. The number of carbonyl (C=O) groups excluding carboxylic acids is 1. The van der Waals surface area contributed by atoms with Gasteiger partial charge in [-0.3, -0.25) is 14.4 Å². The van der Waals surface area contributed by atoms with Crippen LogP contribution in [0.15, 0.2) is 52.4 Å². The molecule has 4 N–H and O–H groups in total. The van der Waals surface area contributed by atoms with E-state index in [2.05, 4.69) is 0 Å². The summed E-state index contributed by atoms with van der Waals surface area (Å²) in [4.78, 5) is 45.1. The van der Waals surface area contributed by atoms with Gasteiger partial charge in [-0.25, -0.2) is 9.18 Å². The van der Waals surface area contributed by atoms with E-state index in [9.17, 15) is 28.7 Å². The lowest BCUT2D eigenvalue weighted by Crippen LogP contribution is -2.26. The SMILES string of the molecule is COCCn1ccn2cc(C(=O)O)c(=O)c(O)c2c1=O.NC(=O)c1ccc(F)cc1. The summed E-state index contributed by atoms with van der Waals surface area (Å²) in [5.41, 5.74) is 2.67. The van der Waals surface area contributed by atoms with Crippen LogP contribution >= 0.6 is 0 Å². The van der Waals surface area contributed by atoms with Crippen LogP contribution < -0.4 is 16.7 Å². The summed E-state index contributed by atoms with van der Waals surface area (Å²) >= 11 is 0. The number of ether oxygens (including phenoxy) is 1. The molecule has 0 spiro atoms. The number of carbonyl (C=O) groups is 2. The zero-order chi connectivity index (χ0) is 22.4. The van der Waals surface area contributed by atoms with Gasteiger partial charge in [0, 0.05) is 37.8 Å². The second-order valence-electron chi connectivity index (χ2n) is 5.94. The van der Waals surface area contributed by atoms with Crippen LogP contribution in [0.25, 0.3) is 5.52 Å². The topological polar surface area (TPSA) is 153 Å². The van der Waals surface area contributed by atoms with Gasteiger partial charge < -0.3 is 29.7 Å². The Morgan fingerprint density at radius 1 is 1.17 bits per heavy atom. The van der Waals surface area contributed by atoms with E-state index in [0.29, 0.717) is 5.56 Å². The Kier molecular flexibility index (Phi) is 7.04. The standard InChI is InChI=1S/C12H12N2O6.C7H6FNO/c1-20-5-4-13-2-3-14-6-7(12(18)19)9(15)10(16)8(14)11(13)17;8-6-3-1-5(2-4-6)7(9)10/h2-3,6,16H,4-5H2,1H3,(H,18,19);1-4H,(H2,9,10). The molecule has 0 aliphatic carbocycles. The van der Waals surface area contributed by atoms with Crippen LogP contribution in [0.3, 0.4) is 0 Å². The molecule has 0 saturated heterocycles. The molecule has 0 unspecified atom stereocenters. The molecular formula is C19H18FN3O7. The van der Waals surface area contributed by atoms with Crippen molar-refractivity contribution in [2.45, 2.75) is 6.54 Å². The number of aromatic hydroxyl groups is 1. The van der Waals surface area contributed by atoms with Crippen molar-refractivity contribution in [2.75, 3.05) is 13.7 Å². The van der Waals surface area contributed by atoms with Gasteiger partial charge in [0.1, 0.15) is 11.4 Å². The number of halogens is 1. The summed E-state index contributed by atoms with van der Waals surface area (Å²) in [6.45, 7) is 0.536. The van der Waals surface area contributed by atoms with Gasteiger partial charge in [0.05, 0.1) is 6.61 Å². The summed E-state index contributed by atoms with van der Waals surface area (Å²) < 4.78 is 19.4. The molecule has 11 heteroatoms. The number of primary amides is 1. The molecule has 1 amide bonds. The van der Waals surface area contributed by atoms with Gasteiger partial charge in [-0.15, -0.1) is 0 Å². The lowest BCUT2D eigenvalue weighted by Gasteiger charge is -2.09. The molecular weight excluding hydrogens is 401 g/mol. The zero-order valence-electron chi connectivity index (χ0n) is 15.7. The van der Waals surface area contributed by atoms with Crippen molar-refractivity contribution < 1.29 is 28.9 Å². The Hall–Kier alpha value is -3.99. The third-order valence-electron chi connectivity index (χ3n) is 3.98. The molecule has 1 aromatic carbocycles. The van der Waals surface area contributed by atoms with Crippen LogP contribution in [-0.2, 0) is 11.3 Å². The van der Waals surface area contributed by atoms with Gasteiger partial charge >= 0.3 is 5.97 Å². The van der Waals surface area contributed by atoms with Crippen molar-refractivity contribution in [3.05, 3.63) is 80.4 Å². The van der Waals surface area contributed by atoms with Gasteiger partial charge in [0.2, 0.25) is 11.3 Å². The molecule has 2 aromatic heterocycles. The molecule has 0 radical (unpaired) electrons. The number of benzene rings is 1. The minimum absolute atomic E-state index is 0.250. The maximum absolute atomic E-state index is 12.2. The fraction of sp³-hybridized carbons (Fsp3) is 0.158. The maximum Gasteiger partial charge on any atom is 0.341 e. The first-order valence-electron chi connectivity index (χ1n) is 8.42. The van der Waals surface area contributed by atoms with E-state index in [0.717, 1.165) is 10.6 Å². The summed E-state index contributed by atoms with van der Waals surface area (Å²) in [5, 5.41) is 18.6. The van der Waals surface area contributed by atoms with Crippen LogP contribution in [0.2, 0.25) is 0 Å². The lowest BCUT2D eigenvalue weighted by atomic mass is 10.2. The van der Waals surface area contributed by atoms with E-state index >= 15 is 0 Å². The van der Waals surface area contributed by atoms with Gasteiger partial charge in [0.15, 0.2) is 11.3 Å². The van der Waals surface area contributed by atoms with Gasteiger partial charge in [0.25, 0.3) is 5.56 Å². The summed E-state index contributed by atoms with van der Waals surface area (Å²) in [6.07, 6.45) is 3.81. The molecule has 10 nitrogen and oxygen atoms in total. The number of carboxylic acid groups (broad SMARTS) is 1. The number of nitrogens with two attached hydrogens (primary N) is 1. The van der Waals surface area contributed by atoms with Crippen LogP contribution in [0.4, 0.5) is 4.39 Å². The number of rotatable bonds is 5. The van der Waals surface area contributed by atoms with Crippen molar-refractivity contribution in [3.8, 4) is 5.75 Å². The van der Waals surface area contributed by atoms with E-state index in [1.165, 1.54) is 48.3 Å².